The van der Waals surface area contributed by atoms with Crippen molar-refractivity contribution >= 4 is 17.9 Å². The van der Waals surface area contributed by atoms with Gasteiger partial charge in [-0.25, -0.2) is 0 Å². The number of aliphatic carboxylic acids is 3. The molecule has 6 heteroatoms. The number of rotatable bonds is 6. The summed E-state index contributed by atoms with van der Waals surface area (Å²) in [6.07, 6.45) is -0.112. The van der Waals surface area contributed by atoms with Crippen molar-refractivity contribution in [2.75, 3.05) is 0 Å². The van der Waals surface area contributed by atoms with Crippen LogP contribution in [0.4, 0.5) is 0 Å². The second kappa shape index (κ2) is 8.73. The predicted molar refractivity (Wildman–Crippen MR) is 76.1 cm³/mol. The molecule has 0 saturated heterocycles. The molecule has 116 valence electrons. The van der Waals surface area contributed by atoms with Crippen LogP contribution in [0.1, 0.15) is 32.3 Å². The number of benzene rings is 1. The van der Waals surface area contributed by atoms with Crippen molar-refractivity contribution in [2.24, 2.45) is 5.41 Å². The summed E-state index contributed by atoms with van der Waals surface area (Å²) in [5.41, 5.74) is 0.188. The van der Waals surface area contributed by atoms with Crippen LogP contribution < -0.4 is 0 Å². The fourth-order valence-electron chi connectivity index (χ4n) is 1.65. The first kappa shape index (κ1) is 18.6. The fourth-order valence-corrected chi connectivity index (χ4v) is 1.65. The van der Waals surface area contributed by atoms with Gasteiger partial charge in [0.15, 0.2) is 0 Å². The Kier molecular flexibility index (Phi) is 7.75. The van der Waals surface area contributed by atoms with Crippen LogP contribution in [0.3, 0.4) is 0 Å². The Labute approximate surface area is 123 Å². The summed E-state index contributed by atoms with van der Waals surface area (Å²) in [5, 5.41) is 25.1. The number of carboxylic acids is 3. The van der Waals surface area contributed by atoms with Gasteiger partial charge < -0.3 is 15.3 Å². The monoisotopic (exact) mass is 296 g/mol. The average Bonchev–Trinajstić information content (AvgIpc) is 2.26. The maximum Gasteiger partial charge on any atom is 0.307 e. The van der Waals surface area contributed by atoms with Gasteiger partial charge in [-0.1, -0.05) is 44.2 Å². The maximum atomic E-state index is 10.2. The van der Waals surface area contributed by atoms with Crippen molar-refractivity contribution < 1.29 is 29.7 Å². The first-order valence-corrected chi connectivity index (χ1v) is 6.32. The minimum absolute atomic E-state index is 0.112. The second-order valence-electron chi connectivity index (χ2n) is 5.36. The van der Waals surface area contributed by atoms with Crippen LogP contribution in [0.2, 0.25) is 0 Å². The topological polar surface area (TPSA) is 112 Å². The van der Waals surface area contributed by atoms with Crippen LogP contribution >= 0.6 is 0 Å². The van der Waals surface area contributed by atoms with Crippen LogP contribution in [0.25, 0.3) is 0 Å². The molecule has 6 nitrogen and oxygen atoms in total. The Balaban J connectivity index is 0.000000382. The molecule has 0 amide bonds. The molecule has 1 aromatic carbocycles. The Morgan fingerprint density at radius 2 is 1.29 bits per heavy atom. The summed E-state index contributed by atoms with van der Waals surface area (Å²) >= 11 is 0. The molecular formula is C15H20O6. The zero-order valence-corrected chi connectivity index (χ0v) is 12.1. The van der Waals surface area contributed by atoms with Gasteiger partial charge in [0, 0.05) is 0 Å². The molecule has 0 aliphatic heterocycles. The summed E-state index contributed by atoms with van der Waals surface area (Å²) in [5.74, 6) is -2.71. The minimum atomic E-state index is -0.962. The predicted octanol–water partition coefficient (Wildman–Crippen LogP) is 2.28. The van der Waals surface area contributed by atoms with E-state index < -0.39 is 23.3 Å². The van der Waals surface area contributed by atoms with E-state index in [0.29, 0.717) is 0 Å². The van der Waals surface area contributed by atoms with E-state index in [1.54, 1.807) is 26.0 Å². The van der Waals surface area contributed by atoms with Gasteiger partial charge in [-0.05, 0) is 11.0 Å². The van der Waals surface area contributed by atoms with Crippen molar-refractivity contribution in [2.45, 2.75) is 33.1 Å². The SMILES string of the molecule is CC(C)(CC(=O)O)CC(=O)O.O=C(O)Cc1ccccc1. The van der Waals surface area contributed by atoms with Crippen molar-refractivity contribution in [1.29, 1.82) is 0 Å². The van der Waals surface area contributed by atoms with Crippen molar-refractivity contribution in [3.63, 3.8) is 0 Å². The Morgan fingerprint density at radius 1 is 0.857 bits per heavy atom. The molecule has 1 aromatic rings. The molecule has 0 bridgehead atoms. The Hall–Kier alpha value is -2.37. The largest absolute Gasteiger partial charge is 0.481 e. The molecule has 0 unspecified atom stereocenters. The molecule has 0 aliphatic rings. The highest BCUT2D eigenvalue weighted by atomic mass is 16.4. The average molecular weight is 296 g/mol. The first-order chi connectivity index (χ1) is 9.62. The van der Waals surface area contributed by atoms with Gasteiger partial charge in [0.2, 0.25) is 0 Å². The third-order valence-electron chi connectivity index (χ3n) is 2.46. The lowest BCUT2D eigenvalue weighted by molar-refractivity contribution is -0.143. The molecule has 1 rings (SSSR count). The quantitative estimate of drug-likeness (QED) is 0.742. The number of hydrogen-bond donors (Lipinski definition) is 3. The van der Waals surface area contributed by atoms with Crippen LogP contribution in [0, 0.1) is 5.41 Å². The molecule has 3 N–H and O–H groups in total. The molecule has 0 atom stereocenters. The van der Waals surface area contributed by atoms with Crippen LogP contribution in [0.5, 0.6) is 0 Å². The van der Waals surface area contributed by atoms with E-state index in [-0.39, 0.29) is 19.3 Å². The third kappa shape index (κ3) is 11.2. The minimum Gasteiger partial charge on any atom is -0.481 e. The van der Waals surface area contributed by atoms with E-state index in [1.807, 2.05) is 18.2 Å². The van der Waals surface area contributed by atoms with Gasteiger partial charge >= 0.3 is 17.9 Å². The summed E-state index contributed by atoms with van der Waals surface area (Å²) in [7, 11) is 0. The van der Waals surface area contributed by atoms with Crippen molar-refractivity contribution in [3.8, 4) is 0 Å². The van der Waals surface area contributed by atoms with E-state index in [0.717, 1.165) is 5.56 Å². The van der Waals surface area contributed by atoms with E-state index in [1.165, 1.54) is 0 Å². The highest BCUT2D eigenvalue weighted by Crippen LogP contribution is 2.24. The normalized spacial score (nSPS) is 10.2. The molecule has 0 heterocycles. The highest BCUT2D eigenvalue weighted by Gasteiger charge is 2.24. The van der Waals surface area contributed by atoms with Gasteiger partial charge in [0.05, 0.1) is 19.3 Å². The summed E-state index contributed by atoms with van der Waals surface area (Å²) < 4.78 is 0. The van der Waals surface area contributed by atoms with E-state index in [4.69, 9.17) is 15.3 Å². The van der Waals surface area contributed by atoms with Gasteiger partial charge in [0.25, 0.3) is 0 Å². The molecule has 0 aliphatic carbocycles. The first-order valence-electron chi connectivity index (χ1n) is 6.32. The molecular weight excluding hydrogens is 276 g/mol. The summed E-state index contributed by atoms with van der Waals surface area (Å²) in [4.78, 5) is 30.6. The van der Waals surface area contributed by atoms with Crippen LogP contribution in [0.15, 0.2) is 30.3 Å². The molecule has 0 fully saturated rings. The molecule has 0 saturated carbocycles. The van der Waals surface area contributed by atoms with E-state index >= 15 is 0 Å². The number of carboxylic acid groups (broad SMARTS) is 3. The lowest BCUT2D eigenvalue weighted by Gasteiger charge is -2.18. The number of hydrogen-bond acceptors (Lipinski definition) is 3. The zero-order chi connectivity index (χ0) is 16.5. The lowest BCUT2D eigenvalue weighted by atomic mass is 9.86. The van der Waals surface area contributed by atoms with Gasteiger partial charge in [-0.2, -0.15) is 0 Å². The lowest BCUT2D eigenvalue weighted by Crippen LogP contribution is -2.20. The van der Waals surface area contributed by atoms with Gasteiger partial charge in [-0.3, -0.25) is 14.4 Å². The molecule has 0 spiro atoms. The van der Waals surface area contributed by atoms with Crippen molar-refractivity contribution in [1.82, 2.24) is 0 Å². The van der Waals surface area contributed by atoms with Crippen molar-refractivity contribution in [3.05, 3.63) is 35.9 Å². The molecule has 0 radical (unpaired) electrons. The van der Waals surface area contributed by atoms with Crippen LogP contribution in [-0.2, 0) is 20.8 Å². The number of carbonyl (C=O) groups is 3. The fraction of sp³-hybridized carbons (Fsp3) is 0.400. The Morgan fingerprint density at radius 3 is 1.62 bits per heavy atom. The zero-order valence-electron chi connectivity index (χ0n) is 12.1. The Bertz CT molecular complexity index is 460. The molecule has 0 aromatic heterocycles. The third-order valence-corrected chi connectivity index (χ3v) is 2.46. The highest BCUT2D eigenvalue weighted by molar-refractivity contribution is 5.71. The standard InChI is InChI=1S/C8H8O2.C7H12O4/c9-8(10)6-7-4-2-1-3-5-7;1-7(2,3-5(8)9)4-6(10)11/h1-5H,6H2,(H,9,10);3-4H2,1-2H3,(H,8,9)(H,10,11). The van der Waals surface area contributed by atoms with Gasteiger partial charge in [-0.15, -0.1) is 0 Å². The molecule has 21 heavy (non-hydrogen) atoms. The van der Waals surface area contributed by atoms with Gasteiger partial charge in [0.1, 0.15) is 0 Å². The summed E-state index contributed by atoms with van der Waals surface area (Å²) in [6, 6.07) is 9.13. The second-order valence-corrected chi connectivity index (χ2v) is 5.36. The summed E-state index contributed by atoms with van der Waals surface area (Å²) in [6.45, 7) is 3.24. The van der Waals surface area contributed by atoms with E-state index in [9.17, 15) is 14.4 Å². The van der Waals surface area contributed by atoms with E-state index in [2.05, 4.69) is 0 Å². The maximum absolute atomic E-state index is 10.2. The smallest absolute Gasteiger partial charge is 0.307 e. The van der Waals surface area contributed by atoms with Crippen LogP contribution in [-0.4, -0.2) is 33.2 Å².